The maximum absolute atomic E-state index is 5.96. The van der Waals surface area contributed by atoms with Crippen molar-refractivity contribution in [1.82, 2.24) is 0 Å². The Morgan fingerprint density at radius 1 is 1.06 bits per heavy atom. The summed E-state index contributed by atoms with van der Waals surface area (Å²) in [6.45, 7) is 1.96. The van der Waals surface area contributed by atoms with Gasteiger partial charge in [0.2, 0.25) is 0 Å². The molecule has 0 aliphatic carbocycles. The van der Waals surface area contributed by atoms with Gasteiger partial charge in [-0.2, -0.15) is 0 Å². The first-order valence-electron chi connectivity index (χ1n) is 5.24. The van der Waals surface area contributed by atoms with Crippen molar-refractivity contribution in [3.63, 3.8) is 0 Å². The van der Waals surface area contributed by atoms with Gasteiger partial charge in [-0.1, -0.05) is 23.2 Å². The topological polar surface area (TPSA) is 38.0 Å². The predicted molar refractivity (Wildman–Crippen MR) is 83.0 cm³/mol. The van der Waals surface area contributed by atoms with Crippen LogP contribution in [0, 0.1) is 6.92 Å². The first kappa shape index (κ1) is 13.5. The molecule has 2 aromatic carbocycles. The number of anilines is 3. The van der Waals surface area contributed by atoms with Crippen molar-refractivity contribution in [2.24, 2.45) is 0 Å². The maximum Gasteiger partial charge on any atom is 0.0532 e. The van der Waals surface area contributed by atoms with Gasteiger partial charge in [-0.3, -0.25) is 0 Å². The lowest BCUT2D eigenvalue weighted by atomic mass is 10.2. The molecule has 0 fully saturated rings. The number of halogens is 3. The number of nitrogen functional groups attached to an aromatic ring is 1. The molecule has 0 aromatic heterocycles. The molecule has 2 aromatic rings. The molecule has 0 amide bonds. The molecule has 0 unspecified atom stereocenters. The minimum absolute atomic E-state index is 0.591. The third kappa shape index (κ3) is 3.10. The van der Waals surface area contributed by atoms with Crippen LogP contribution >= 0.6 is 39.1 Å². The van der Waals surface area contributed by atoms with Crippen LogP contribution < -0.4 is 11.1 Å². The smallest absolute Gasteiger partial charge is 0.0532 e. The van der Waals surface area contributed by atoms with Gasteiger partial charge in [-0.25, -0.2) is 0 Å². The van der Waals surface area contributed by atoms with Crippen LogP contribution in [0.2, 0.25) is 10.0 Å². The zero-order chi connectivity index (χ0) is 13.3. The van der Waals surface area contributed by atoms with Gasteiger partial charge in [0.05, 0.1) is 5.69 Å². The number of benzene rings is 2. The largest absolute Gasteiger partial charge is 0.398 e. The lowest BCUT2D eigenvalue weighted by Crippen LogP contribution is -1.95. The van der Waals surface area contributed by atoms with Gasteiger partial charge in [0.25, 0.3) is 0 Å². The average molecular weight is 346 g/mol. The Labute approximate surface area is 124 Å². The summed E-state index contributed by atoms with van der Waals surface area (Å²) >= 11 is 15.4. The van der Waals surface area contributed by atoms with E-state index in [0.717, 1.165) is 27.1 Å². The minimum atomic E-state index is 0.591. The molecule has 0 saturated heterocycles. The number of hydrogen-bond acceptors (Lipinski definition) is 2. The van der Waals surface area contributed by atoms with Gasteiger partial charge < -0.3 is 11.1 Å². The molecule has 18 heavy (non-hydrogen) atoms. The summed E-state index contributed by atoms with van der Waals surface area (Å²) in [7, 11) is 0. The Hall–Kier alpha value is -0.900. The molecule has 2 rings (SSSR count). The molecule has 3 N–H and O–H groups in total. The molecule has 0 aliphatic rings. The molecule has 94 valence electrons. The van der Waals surface area contributed by atoms with Crippen LogP contribution in [-0.4, -0.2) is 0 Å². The quantitative estimate of drug-likeness (QED) is 0.716. The summed E-state index contributed by atoms with van der Waals surface area (Å²) in [5.41, 5.74) is 9.33. The first-order valence-corrected chi connectivity index (χ1v) is 6.79. The molecule has 0 heterocycles. The third-order valence-corrected chi connectivity index (χ3v) is 3.59. The Morgan fingerprint density at radius 2 is 1.67 bits per heavy atom. The van der Waals surface area contributed by atoms with Gasteiger partial charge in [0.15, 0.2) is 0 Å². The fourth-order valence-corrected chi connectivity index (χ4v) is 2.56. The van der Waals surface area contributed by atoms with Crippen LogP contribution in [0.3, 0.4) is 0 Å². The molecule has 0 bridgehead atoms. The van der Waals surface area contributed by atoms with E-state index in [4.69, 9.17) is 28.9 Å². The van der Waals surface area contributed by atoms with Crippen LogP contribution in [0.5, 0.6) is 0 Å². The van der Waals surface area contributed by atoms with E-state index in [1.165, 1.54) is 0 Å². The lowest BCUT2D eigenvalue weighted by molar-refractivity contribution is 1.43. The van der Waals surface area contributed by atoms with Crippen LogP contribution in [-0.2, 0) is 0 Å². The fourth-order valence-electron chi connectivity index (χ4n) is 1.57. The number of rotatable bonds is 2. The summed E-state index contributed by atoms with van der Waals surface area (Å²) in [4.78, 5) is 0. The van der Waals surface area contributed by atoms with Crippen LogP contribution in [0.4, 0.5) is 17.1 Å². The standard InChI is InChI=1S/C13H11BrCl2N2/c1-7-2-13(11(14)6-12(7)17)18-10-4-8(15)3-9(16)5-10/h2-6,18H,17H2,1H3. The van der Waals surface area contributed by atoms with Crippen molar-refractivity contribution in [3.8, 4) is 0 Å². The summed E-state index contributed by atoms with van der Waals surface area (Å²) in [5, 5.41) is 4.43. The van der Waals surface area contributed by atoms with Crippen molar-refractivity contribution in [3.05, 3.63) is 50.4 Å². The molecular formula is C13H11BrCl2N2. The van der Waals surface area contributed by atoms with E-state index in [9.17, 15) is 0 Å². The summed E-state index contributed by atoms with van der Waals surface area (Å²) in [6, 6.07) is 9.15. The Kier molecular flexibility index (Phi) is 4.05. The summed E-state index contributed by atoms with van der Waals surface area (Å²) in [6.07, 6.45) is 0. The van der Waals surface area contributed by atoms with Gasteiger partial charge in [-0.15, -0.1) is 0 Å². The fraction of sp³-hybridized carbons (Fsp3) is 0.0769. The molecule has 0 saturated carbocycles. The maximum atomic E-state index is 5.96. The SMILES string of the molecule is Cc1cc(Nc2cc(Cl)cc(Cl)c2)c(Br)cc1N. The Morgan fingerprint density at radius 3 is 2.28 bits per heavy atom. The van der Waals surface area contributed by atoms with E-state index in [1.807, 2.05) is 31.2 Å². The van der Waals surface area contributed by atoms with Gasteiger partial charge in [-0.05, 0) is 58.7 Å². The van der Waals surface area contributed by atoms with Gasteiger partial charge in [0, 0.05) is 25.9 Å². The van der Waals surface area contributed by atoms with E-state index in [2.05, 4.69) is 21.2 Å². The monoisotopic (exact) mass is 344 g/mol. The predicted octanol–water partition coefficient (Wildman–Crippen LogP) is 5.39. The highest BCUT2D eigenvalue weighted by Gasteiger charge is 2.05. The third-order valence-electron chi connectivity index (χ3n) is 2.50. The highest BCUT2D eigenvalue weighted by molar-refractivity contribution is 9.10. The van der Waals surface area contributed by atoms with E-state index in [0.29, 0.717) is 10.0 Å². The second kappa shape index (κ2) is 5.39. The van der Waals surface area contributed by atoms with E-state index in [1.54, 1.807) is 6.07 Å². The van der Waals surface area contributed by atoms with Crippen LogP contribution in [0.25, 0.3) is 0 Å². The van der Waals surface area contributed by atoms with Crippen LogP contribution in [0.15, 0.2) is 34.8 Å². The Bertz CT molecular complexity index is 580. The highest BCUT2D eigenvalue weighted by Crippen LogP contribution is 2.32. The molecule has 2 nitrogen and oxygen atoms in total. The second-order valence-corrected chi connectivity index (χ2v) is 5.70. The van der Waals surface area contributed by atoms with Crippen molar-refractivity contribution in [2.45, 2.75) is 6.92 Å². The normalized spacial score (nSPS) is 10.4. The molecule has 0 radical (unpaired) electrons. The lowest BCUT2D eigenvalue weighted by Gasteiger charge is -2.12. The number of hydrogen-bond donors (Lipinski definition) is 2. The van der Waals surface area contributed by atoms with Gasteiger partial charge >= 0.3 is 0 Å². The minimum Gasteiger partial charge on any atom is -0.398 e. The summed E-state index contributed by atoms with van der Waals surface area (Å²) < 4.78 is 0.890. The second-order valence-electron chi connectivity index (χ2n) is 3.97. The molecular weight excluding hydrogens is 335 g/mol. The van der Waals surface area contributed by atoms with Crippen molar-refractivity contribution < 1.29 is 0 Å². The number of aryl methyl sites for hydroxylation is 1. The highest BCUT2D eigenvalue weighted by atomic mass is 79.9. The first-order chi connectivity index (χ1) is 8.45. The van der Waals surface area contributed by atoms with E-state index < -0.39 is 0 Å². The Balaban J connectivity index is 2.36. The van der Waals surface area contributed by atoms with Crippen molar-refractivity contribution in [1.29, 1.82) is 0 Å². The van der Waals surface area contributed by atoms with Crippen molar-refractivity contribution >= 4 is 56.2 Å². The molecule has 0 aliphatic heterocycles. The summed E-state index contributed by atoms with van der Waals surface area (Å²) in [5.74, 6) is 0. The molecule has 5 heteroatoms. The molecule has 0 spiro atoms. The van der Waals surface area contributed by atoms with E-state index >= 15 is 0 Å². The van der Waals surface area contributed by atoms with Crippen LogP contribution in [0.1, 0.15) is 5.56 Å². The average Bonchev–Trinajstić information content (AvgIpc) is 2.24. The van der Waals surface area contributed by atoms with Gasteiger partial charge in [0.1, 0.15) is 0 Å². The number of nitrogens with two attached hydrogens (primary N) is 1. The van der Waals surface area contributed by atoms with E-state index in [-0.39, 0.29) is 0 Å². The number of nitrogens with one attached hydrogen (secondary N) is 1. The zero-order valence-corrected chi connectivity index (χ0v) is 12.7. The molecule has 0 atom stereocenters. The zero-order valence-electron chi connectivity index (χ0n) is 9.60. The van der Waals surface area contributed by atoms with Crippen molar-refractivity contribution in [2.75, 3.05) is 11.1 Å².